The molecule has 0 saturated heterocycles. The Morgan fingerprint density at radius 2 is 1.94 bits per heavy atom. The second kappa shape index (κ2) is 9.19. The van der Waals surface area contributed by atoms with Crippen LogP contribution >= 0.6 is 0 Å². The number of alkyl halides is 3. The molecule has 0 spiro atoms. The topological polar surface area (TPSA) is 38.3 Å². The Bertz CT molecular complexity index is 232. The van der Waals surface area contributed by atoms with Crippen LogP contribution in [0, 0.1) is 0 Å². The van der Waals surface area contributed by atoms with Crippen LogP contribution in [0.4, 0.5) is 13.2 Å². The Labute approximate surface area is 106 Å². The summed E-state index contributed by atoms with van der Waals surface area (Å²) in [5.74, 6) is -0.324. The normalized spacial score (nSPS) is 13.4. The van der Waals surface area contributed by atoms with Gasteiger partial charge in [0.2, 0.25) is 0 Å². The molecule has 0 aliphatic rings. The van der Waals surface area contributed by atoms with Crippen molar-refractivity contribution in [2.45, 2.75) is 58.2 Å². The summed E-state index contributed by atoms with van der Waals surface area (Å²) in [5.41, 5.74) is 0. The van der Waals surface area contributed by atoms with Crippen LogP contribution in [-0.4, -0.2) is 31.3 Å². The molecule has 1 unspecified atom stereocenters. The number of hydrogen-bond donors (Lipinski definition) is 1. The number of carbonyl (C=O) groups excluding carboxylic acids is 1. The minimum absolute atomic E-state index is 0.0815. The average Bonchev–Trinajstić information content (AvgIpc) is 2.26. The highest BCUT2D eigenvalue weighted by atomic mass is 19.4. The molecular formula is C12H22F3NO2. The highest BCUT2D eigenvalue weighted by molar-refractivity contribution is 5.75. The standard InChI is InChI=1S/C12H22F3NO2/c1-3-7-10(11(17)18-4-2)16-9-6-5-8-12(13,14)15/h10,16H,3-9H2,1-2H3. The maximum absolute atomic E-state index is 11.9. The number of esters is 1. The summed E-state index contributed by atoms with van der Waals surface area (Å²) in [6.45, 7) is 4.39. The molecule has 0 amide bonds. The van der Waals surface area contributed by atoms with Crippen molar-refractivity contribution in [3.05, 3.63) is 0 Å². The maximum atomic E-state index is 11.9. The Morgan fingerprint density at radius 3 is 2.44 bits per heavy atom. The van der Waals surface area contributed by atoms with Crippen LogP contribution in [0.1, 0.15) is 46.0 Å². The fraction of sp³-hybridized carbons (Fsp3) is 0.917. The molecule has 0 aromatic heterocycles. The smallest absolute Gasteiger partial charge is 0.389 e. The van der Waals surface area contributed by atoms with Crippen LogP contribution in [0.2, 0.25) is 0 Å². The molecule has 0 aromatic rings. The SMILES string of the molecule is CCCC(NCCCCC(F)(F)F)C(=O)OCC. The molecule has 0 saturated carbocycles. The summed E-state index contributed by atoms with van der Waals surface area (Å²) in [5, 5.41) is 2.95. The van der Waals surface area contributed by atoms with E-state index >= 15 is 0 Å². The van der Waals surface area contributed by atoms with Crippen molar-refractivity contribution in [3.8, 4) is 0 Å². The second-order valence-corrected chi connectivity index (χ2v) is 4.12. The van der Waals surface area contributed by atoms with Crippen LogP contribution in [0.5, 0.6) is 0 Å². The minimum atomic E-state index is -4.09. The summed E-state index contributed by atoms with van der Waals surface area (Å²) in [6, 6.07) is -0.402. The fourth-order valence-corrected chi connectivity index (χ4v) is 1.56. The van der Waals surface area contributed by atoms with E-state index in [2.05, 4.69) is 5.32 Å². The van der Waals surface area contributed by atoms with Crippen LogP contribution in [0.25, 0.3) is 0 Å². The van der Waals surface area contributed by atoms with Gasteiger partial charge in [0, 0.05) is 6.42 Å². The average molecular weight is 269 g/mol. The number of halogens is 3. The zero-order valence-electron chi connectivity index (χ0n) is 11.0. The maximum Gasteiger partial charge on any atom is 0.389 e. The van der Waals surface area contributed by atoms with Gasteiger partial charge in [-0.1, -0.05) is 13.3 Å². The van der Waals surface area contributed by atoms with Gasteiger partial charge in [0.15, 0.2) is 0 Å². The van der Waals surface area contributed by atoms with Crippen LogP contribution in [-0.2, 0) is 9.53 Å². The van der Waals surface area contributed by atoms with Gasteiger partial charge in [0.05, 0.1) is 6.61 Å². The quantitative estimate of drug-likeness (QED) is 0.516. The summed E-state index contributed by atoms with van der Waals surface area (Å²) in [6.07, 6.45) is -2.93. The van der Waals surface area contributed by atoms with E-state index in [1.54, 1.807) is 6.92 Å². The molecule has 108 valence electrons. The zero-order chi connectivity index (χ0) is 14.0. The summed E-state index contributed by atoms with van der Waals surface area (Å²) in [7, 11) is 0. The van der Waals surface area contributed by atoms with Crippen molar-refractivity contribution in [2.24, 2.45) is 0 Å². The highest BCUT2D eigenvalue weighted by Crippen LogP contribution is 2.21. The molecule has 1 atom stereocenters. The van der Waals surface area contributed by atoms with E-state index in [-0.39, 0.29) is 12.4 Å². The number of nitrogens with one attached hydrogen (secondary N) is 1. The monoisotopic (exact) mass is 269 g/mol. The van der Waals surface area contributed by atoms with Crippen molar-refractivity contribution < 1.29 is 22.7 Å². The Kier molecular flexibility index (Phi) is 8.79. The predicted molar refractivity (Wildman–Crippen MR) is 63.2 cm³/mol. The van der Waals surface area contributed by atoms with Gasteiger partial charge in [0.1, 0.15) is 6.04 Å². The lowest BCUT2D eigenvalue weighted by molar-refractivity contribution is -0.146. The Morgan fingerprint density at radius 1 is 1.28 bits per heavy atom. The molecule has 0 fully saturated rings. The summed E-state index contributed by atoms with van der Waals surface area (Å²) >= 11 is 0. The van der Waals surface area contributed by atoms with E-state index in [9.17, 15) is 18.0 Å². The third-order valence-electron chi connectivity index (χ3n) is 2.43. The van der Waals surface area contributed by atoms with Crippen molar-refractivity contribution in [3.63, 3.8) is 0 Å². The lowest BCUT2D eigenvalue weighted by Crippen LogP contribution is -2.38. The van der Waals surface area contributed by atoms with Gasteiger partial charge < -0.3 is 10.1 Å². The molecule has 0 aromatic carbocycles. The third-order valence-corrected chi connectivity index (χ3v) is 2.43. The van der Waals surface area contributed by atoms with Crippen LogP contribution in [0.3, 0.4) is 0 Å². The third kappa shape index (κ3) is 9.27. The Hall–Kier alpha value is -0.780. The largest absolute Gasteiger partial charge is 0.465 e. The van der Waals surface area contributed by atoms with Gasteiger partial charge in [-0.25, -0.2) is 0 Å². The van der Waals surface area contributed by atoms with E-state index < -0.39 is 18.6 Å². The molecule has 0 radical (unpaired) electrons. The van der Waals surface area contributed by atoms with E-state index in [1.165, 1.54) is 0 Å². The second-order valence-electron chi connectivity index (χ2n) is 4.12. The molecule has 18 heavy (non-hydrogen) atoms. The van der Waals surface area contributed by atoms with Gasteiger partial charge in [0.25, 0.3) is 0 Å². The first-order chi connectivity index (χ1) is 8.40. The van der Waals surface area contributed by atoms with E-state index in [4.69, 9.17) is 4.74 Å². The zero-order valence-corrected chi connectivity index (χ0v) is 11.0. The molecule has 0 heterocycles. The van der Waals surface area contributed by atoms with Gasteiger partial charge in [-0.15, -0.1) is 0 Å². The molecule has 6 heteroatoms. The van der Waals surface area contributed by atoms with Crippen molar-refractivity contribution in [1.29, 1.82) is 0 Å². The number of hydrogen-bond acceptors (Lipinski definition) is 3. The number of unbranched alkanes of at least 4 members (excludes halogenated alkanes) is 1. The van der Waals surface area contributed by atoms with Crippen LogP contribution < -0.4 is 5.32 Å². The molecule has 3 nitrogen and oxygen atoms in total. The van der Waals surface area contributed by atoms with Crippen molar-refractivity contribution >= 4 is 5.97 Å². The van der Waals surface area contributed by atoms with Crippen molar-refractivity contribution in [2.75, 3.05) is 13.2 Å². The molecule has 0 aliphatic heterocycles. The van der Waals surface area contributed by atoms with Gasteiger partial charge in [-0.2, -0.15) is 13.2 Å². The molecule has 0 aliphatic carbocycles. The van der Waals surface area contributed by atoms with Gasteiger partial charge in [-0.3, -0.25) is 4.79 Å². The summed E-state index contributed by atoms with van der Waals surface area (Å²) < 4.78 is 40.6. The van der Waals surface area contributed by atoms with Gasteiger partial charge >= 0.3 is 12.1 Å². The molecule has 1 N–H and O–H groups in total. The number of rotatable bonds is 9. The van der Waals surface area contributed by atoms with E-state index in [1.807, 2.05) is 6.92 Å². The van der Waals surface area contributed by atoms with Crippen molar-refractivity contribution in [1.82, 2.24) is 5.32 Å². The van der Waals surface area contributed by atoms with Gasteiger partial charge in [-0.05, 0) is 32.7 Å². The van der Waals surface area contributed by atoms with E-state index in [0.717, 1.165) is 6.42 Å². The first-order valence-electron chi connectivity index (χ1n) is 6.37. The highest BCUT2D eigenvalue weighted by Gasteiger charge is 2.26. The number of ether oxygens (including phenoxy) is 1. The minimum Gasteiger partial charge on any atom is -0.465 e. The predicted octanol–water partition coefficient (Wildman–Crippen LogP) is 3.04. The Balaban J connectivity index is 3.80. The van der Waals surface area contributed by atoms with Crippen LogP contribution in [0.15, 0.2) is 0 Å². The summed E-state index contributed by atoms with van der Waals surface area (Å²) in [4.78, 5) is 11.5. The first kappa shape index (κ1) is 17.2. The fourth-order valence-electron chi connectivity index (χ4n) is 1.56. The lowest BCUT2D eigenvalue weighted by Gasteiger charge is -2.16. The molecular weight excluding hydrogens is 247 g/mol. The number of carbonyl (C=O) groups is 1. The first-order valence-corrected chi connectivity index (χ1v) is 6.37. The molecule has 0 rings (SSSR count). The molecule has 0 bridgehead atoms. The lowest BCUT2D eigenvalue weighted by atomic mass is 10.1. The van der Waals surface area contributed by atoms with E-state index in [0.29, 0.717) is 26.0 Å².